The van der Waals surface area contributed by atoms with Crippen molar-refractivity contribution in [3.05, 3.63) is 0 Å². The Bertz CT molecular complexity index is 392. The third-order valence-electron chi connectivity index (χ3n) is 2.70. The minimum absolute atomic E-state index is 0.115. The summed E-state index contributed by atoms with van der Waals surface area (Å²) < 4.78 is 22.2. The van der Waals surface area contributed by atoms with E-state index < -0.39 is 32.2 Å². The zero-order valence-corrected chi connectivity index (χ0v) is 11.7. The second-order valence-corrected chi connectivity index (χ2v) is 8.09. The highest BCUT2D eigenvalue weighted by molar-refractivity contribution is 7.72. The van der Waals surface area contributed by atoms with E-state index in [9.17, 15) is 14.2 Å². The molecular formula is C7H18N2O7P2. The van der Waals surface area contributed by atoms with Crippen LogP contribution in [0.5, 0.6) is 0 Å². The van der Waals surface area contributed by atoms with E-state index in [-0.39, 0.29) is 12.1 Å². The van der Waals surface area contributed by atoms with Gasteiger partial charge in [-0.2, -0.15) is 0 Å². The SMILES string of the molecule is CC(=N)C(C)CC(N)C(O)(P(=O)(O)O)P(=O)(O)O. The highest BCUT2D eigenvalue weighted by atomic mass is 31.2. The lowest BCUT2D eigenvalue weighted by molar-refractivity contribution is 0.102. The number of nitrogens with one attached hydrogen (secondary N) is 1. The molecule has 0 radical (unpaired) electrons. The summed E-state index contributed by atoms with van der Waals surface area (Å²) in [6.07, 6.45) is -0.345. The topological polar surface area (TPSA) is 185 Å². The third kappa shape index (κ3) is 3.46. The molecule has 0 aliphatic carbocycles. The van der Waals surface area contributed by atoms with Crippen LogP contribution in [0.3, 0.4) is 0 Å². The normalized spacial score (nSPS) is 17.3. The molecule has 0 aromatic carbocycles. The predicted molar refractivity (Wildman–Crippen MR) is 64.2 cm³/mol. The van der Waals surface area contributed by atoms with Crippen molar-refractivity contribution < 1.29 is 33.8 Å². The first-order chi connectivity index (χ1) is 7.75. The van der Waals surface area contributed by atoms with Crippen LogP contribution in [0.1, 0.15) is 20.3 Å². The van der Waals surface area contributed by atoms with Gasteiger partial charge in [-0.15, -0.1) is 0 Å². The maximum absolute atomic E-state index is 11.1. The van der Waals surface area contributed by atoms with Crippen LogP contribution in [0, 0.1) is 11.3 Å². The molecule has 0 spiro atoms. The van der Waals surface area contributed by atoms with E-state index in [4.69, 9.17) is 30.7 Å². The summed E-state index contributed by atoms with van der Waals surface area (Å²) in [7, 11) is -11.1. The molecule has 0 aromatic rings. The first-order valence-electron chi connectivity index (χ1n) is 4.89. The van der Waals surface area contributed by atoms with Gasteiger partial charge < -0.3 is 35.8 Å². The van der Waals surface area contributed by atoms with Crippen molar-refractivity contribution >= 4 is 20.9 Å². The minimum atomic E-state index is -5.55. The average molecular weight is 304 g/mol. The van der Waals surface area contributed by atoms with Gasteiger partial charge in [-0.05, 0) is 19.3 Å². The highest BCUT2D eigenvalue weighted by Gasteiger charge is 2.63. The molecule has 0 saturated carbocycles. The Hall–Kier alpha value is -0.110. The van der Waals surface area contributed by atoms with Gasteiger partial charge in [-0.1, -0.05) is 6.92 Å². The summed E-state index contributed by atoms with van der Waals surface area (Å²) in [5, 5.41) is 13.3. The van der Waals surface area contributed by atoms with Crippen molar-refractivity contribution in [2.75, 3.05) is 0 Å². The second kappa shape index (κ2) is 5.48. The molecule has 9 nitrogen and oxygen atoms in total. The Balaban J connectivity index is 5.46. The molecule has 8 N–H and O–H groups in total. The molecule has 0 saturated heterocycles. The third-order valence-corrected chi connectivity index (χ3v) is 6.64. The molecule has 108 valence electrons. The van der Waals surface area contributed by atoms with E-state index in [0.29, 0.717) is 0 Å². The summed E-state index contributed by atoms with van der Waals surface area (Å²) in [6, 6.07) is -1.87. The molecule has 11 heteroatoms. The van der Waals surface area contributed by atoms with Crippen molar-refractivity contribution in [3.8, 4) is 0 Å². The lowest BCUT2D eigenvalue weighted by Gasteiger charge is -2.35. The smallest absolute Gasteiger partial charge is 0.366 e. The number of aliphatic hydroxyl groups is 1. The van der Waals surface area contributed by atoms with Crippen molar-refractivity contribution in [3.63, 3.8) is 0 Å². The summed E-state index contributed by atoms with van der Waals surface area (Å²) in [5.74, 6) is -0.579. The lowest BCUT2D eigenvalue weighted by atomic mass is 9.98. The van der Waals surface area contributed by atoms with Crippen molar-refractivity contribution in [1.82, 2.24) is 0 Å². The maximum atomic E-state index is 11.1. The number of rotatable bonds is 6. The Labute approximate surface area is 104 Å². The first-order valence-corrected chi connectivity index (χ1v) is 8.12. The van der Waals surface area contributed by atoms with Gasteiger partial charge in [0, 0.05) is 5.71 Å². The molecule has 0 heterocycles. The molecular weight excluding hydrogens is 286 g/mol. The zero-order valence-electron chi connectivity index (χ0n) is 9.89. The van der Waals surface area contributed by atoms with E-state index in [1.54, 1.807) is 0 Å². The van der Waals surface area contributed by atoms with Crippen LogP contribution in [0.25, 0.3) is 0 Å². The van der Waals surface area contributed by atoms with Gasteiger partial charge >= 0.3 is 15.2 Å². The van der Waals surface area contributed by atoms with Gasteiger partial charge in [0.1, 0.15) is 0 Å². The van der Waals surface area contributed by atoms with Crippen LogP contribution in [0.4, 0.5) is 0 Å². The van der Waals surface area contributed by atoms with E-state index >= 15 is 0 Å². The molecule has 0 aliphatic heterocycles. The van der Waals surface area contributed by atoms with Crippen LogP contribution in [-0.2, 0) is 9.13 Å². The number of nitrogens with two attached hydrogens (primary N) is 1. The number of hydrogen-bond acceptors (Lipinski definition) is 5. The van der Waals surface area contributed by atoms with Gasteiger partial charge in [-0.3, -0.25) is 9.13 Å². The fourth-order valence-corrected chi connectivity index (χ4v) is 3.75. The summed E-state index contributed by atoms with van der Waals surface area (Å²) >= 11 is 0. The van der Waals surface area contributed by atoms with Gasteiger partial charge in [-0.25, -0.2) is 0 Å². The monoisotopic (exact) mass is 304 g/mol. The molecule has 0 aliphatic rings. The molecule has 0 rings (SSSR count). The van der Waals surface area contributed by atoms with Crippen LogP contribution in [0.15, 0.2) is 0 Å². The van der Waals surface area contributed by atoms with Crippen LogP contribution >= 0.6 is 15.2 Å². The largest absolute Gasteiger partial charge is 0.371 e. The molecule has 0 amide bonds. The summed E-state index contributed by atoms with van der Waals surface area (Å²) in [6.45, 7) is 2.90. The lowest BCUT2D eigenvalue weighted by Crippen LogP contribution is -2.48. The molecule has 2 unspecified atom stereocenters. The second-order valence-electron chi connectivity index (χ2n) is 4.20. The zero-order chi connectivity index (χ0) is 14.9. The quantitative estimate of drug-likeness (QED) is 0.250. The van der Waals surface area contributed by atoms with E-state index in [1.165, 1.54) is 13.8 Å². The molecule has 0 bridgehead atoms. The van der Waals surface area contributed by atoms with Crippen LogP contribution < -0.4 is 5.73 Å². The Kier molecular flexibility index (Phi) is 5.45. The first kappa shape index (κ1) is 17.9. The molecule has 18 heavy (non-hydrogen) atoms. The Morgan fingerprint density at radius 3 is 1.83 bits per heavy atom. The summed E-state index contributed by atoms with van der Waals surface area (Å²) in [4.78, 5) is 35.7. The van der Waals surface area contributed by atoms with Gasteiger partial charge in [0.2, 0.25) is 0 Å². The standard InChI is InChI=1S/C7H18N2O7P2/c1-4(5(2)8)3-6(9)7(10,17(11,12)13)18(14,15)16/h4,6,8,10H,3,9H2,1-2H3,(H2,11,12,13)(H2,14,15,16). The fraction of sp³-hybridized carbons (Fsp3) is 0.857. The summed E-state index contributed by atoms with van der Waals surface area (Å²) in [5.41, 5.74) is 5.45. The van der Waals surface area contributed by atoms with Crippen LogP contribution in [0.2, 0.25) is 0 Å². The van der Waals surface area contributed by atoms with E-state index in [0.717, 1.165) is 0 Å². The van der Waals surface area contributed by atoms with Gasteiger partial charge in [0.25, 0.3) is 5.08 Å². The molecule has 0 aromatic heterocycles. The maximum Gasteiger partial charge on any atom is 0.371 e. The molecule has 2 atom stereocenters. The molecule has 0 fully saturated rings. The van der Waals surface area contributed by atoms with Crippen LogP contribution in [-0.4, -0.2) is 41.5 Å². The van der Waals surface area contributed by atoms with E-state index in [2.05, 4.69) is 0 Å². The van der Waals surface area contributed by atoms with Gasteiger partial charge in [0.05, 0.1) is 6.04 Å². The average Bonchev–Trinajstić information content (AvgIpc) is 2.12. The minimum Gasteiger partial charge on any atom is -0.366 e. The van der Waals surface area contributed by atoms with Crippen molar-refractivity contribution in [2.45, 2.75) is 31.4 Å². The number of hydrogen-bond donors (Lipinski definition) is 7. The van der Waals surface area contributed by atoms with Crippen molar-refractivity contribution in [2.24, 2.45) is 11.7 Å². The fourth-order valence-electron chi connectivity index (χ4n) is 1.32. The Morgan fingerprint density at radius 1 is 1.28 bits per heavy atom. The van der Waals surface area contributed by atoms with E-state index in [1.807, 2.05) is 0 Å². The Morgan fingerprint density at radius 2 is 1.61 bits per heavy atom. The van der Waals surface area contributed by atoms with Gasteiger partial charge in [0.15, 0.2) is 0 Å². The highest BCUT2D eigenvalue weighted by Crippen LogP contribution is 2.68. The predicted octanol–water partition coefficient (Wildman–Crippen LogP) is -0.619. The van der Waals surface area contributed by atoms with Crippen molar-refractivity contribution in [1.29, 1.82) is 5.41 Å².